The normalized spacial score (nSPS) is 14.4. The molecule has 1 aromatic carbocycles. The molecule has 0 bridgehead atoms. The van der Waals surface area contributed by atoms with Gasteiger partial charge in [0.15, 0.2) is 0 Å². The fourth-order valence-corrected chi connectivity index (χ4v) is 2.02. The highest BCUT2D eigenvalue weighted by Gasteiger charge is 2.06. The van der Waals surface area contributed by atoms with Gasteiger partial charge in [-0.2, -0.15) is 0 Å². The van der Waals surface area contributed by atoms with Gasteiger partial charge in [0.2, 0.25) is 0 Å². The third kappa shape index (κ3) is 4.04. The Morgan fingerprint density at radius 3 is 2.53 bits per heavy atom. The summed E-state index contributed by atoms with van der Waals surface area (Å²) in [5.41, 5.74) is 10.1. The average molecular weight is 254 g/mol. The van der Waals surface area contributed by atoms with Crippen LogP contribution in [0.5, 0.6) is 0 Å². The predicted octanol–water partition coefficient (Wildman–Crippen LogP) is 2.45. The molecule has 0 saturated heterocycles. The van der Waals surface area contributed by atoms with Crippen molar-refractivity contribution < 1.29 is 4.21 Å². The minimum Gasteiger partial charge on any atom is -0.397 e. The van der Waals surface area contributed by atoms with Gasteiger partial charge in [-0.15, -0.1) is 0 Å². The van der Waals surface area contributed by atoms with E-state index in [1.54, 1.807) is 6.26 Å². The van der Waals surface area contributed by atoms with E-state index >= 15 is 0 Å². The zero-order valence-electron chi connectivity index (χ0n) is 11.0. The second kappa shape index (κ2) is 6.05. The number of nitrogens with two attached hydrogens (primary N) is 1. The highest BCUT2D eigenvalue weighted by Crippen LogP contribution is 2.22. The number of nitrogens with one attached hydrogen (secondary N) is 1. The highest BCUT2D eigenvalue weighted by molar-refractivity contribution is 7.84. The van der Waals surface area contributed by atoms with E-state index in [0.29, 0.717) is 0 Å². The van der Waals surface area contributed by atoms with Crippen molar-refractivity contribution in [3.8, 4) is 0 Å². The molecule has 0 spiro atoms. The molecule has 3 N–H and O–H groups in total. The Morgan fingerprint density at radius 1 is 1.35 bits per heavy atom. The molecule has 2 atom stereocenters. The quantitative estimate of drug-likeness (QED) is 0.794. The summed E-state index contributed by atoms with van der Waals surface area (Å²) >= 11 is 0. The van der Waals surface area contributed by atoms with Crippen LogP contribution < -0.4 is 11.1 Å². The molecule has 17 heavy (non-hydrogen) atoms. The largest absolute Gasteiger partial charge is 0.397 e. The Labute approximate surface area is 106 Å². The maximum atomic E-state index is 11.2. The van der Waals surface area contributed by atoms with E-state index in [2.05, 4.69) is 25.2 Å². The van der Waals surface area contributed by atoms with Crippen LogP contribution in [0.1, 0.15) is 24.5 Å². The lowest BCUT2D eigenvalue weighted by Gasteiger charge is -2.13. The van der Waals surface area contributed by atoms with Crippen LogP contribution in [0, 0.1) is 13.8 Å². The van der Waals surface area contributed by atoms with Crippen molar-refractivity contribution in [1.29, 1.82) is 0 Å². The maximum absolute atomic E-state index is 11.2. The first-order valence-electron chi connectivity index (χ1n) is 5.84. The first-order chi connectivity index (χ1) is 7.91. The number of anilines is 2. The Hall–Kier alpha value is -1.03. The first kappa shape index (κ1) is 14.0. The van der Waals surface area contributed by atoms with Crippen molar-refractivity contribution in [2.24, 2.45) is 0 Å². The van der Waals surface area contributed by atoms with E-state index in [1.165, 1.54) is 11.1 Å². The van der Waals surface area contributed by atoms with Crippen molar-refractivity contribution in [2.45, 2.75) is 32.4 Å². The van der Waals surface area contributed by atoms with Crippen LogP contribution in [-0.4, -0.2) is 22.3 Å². The number of hydrogen-bond acceptors (Lipinski definition) is 3. The third-order valence-corrected chi connectivity index (χ3v) is 4.47. The zero-order valence-corrected chi connectivity index (χ0v) is 11.9. The van der Waals surface area contributed by atoms with E-state index in [-0.39, 0.29) is 5.25 Å². The van der Waals surface area contributed by atoms with Crippen molar-refractivity contribution >= 4 is 22.2 Å². The SMILES string of the molecule is Cc1cc(N)c(NCCC(C)S(C)=O)cc1C. The molecule has 4 heteroatoms. The van der Waals surface area contributed by atoms with Crippen molar-refractivity contribution in [3.05, 3.63) is 23.3 Å². The third-order valence-electron chi connectivity index (χ3n) is 3.10. The van der Waals surface area contributed by atoms with E-state index in [9.17, 15) is 4.21 Å². The zero-order chi connectivity index (χ0) is 13.0. The maximum Gasteiger partial charge on any atom is 0.0576 e. The standard InChI is InChI=1S/C13H22N2OS/c1-9-7-12(14)13(8-10(9)2)15-6-5-11(3)17(4)16/h7-8,11,15H,5-6,14H2,1-4H3. The molecule has 2 unspecified atom stereocenters. The molecule has 0 aliphatic rings. The van der Waals surface area contributed by atoms with Crippen LogP contribution in [-0.2, 0) is 10.8 Å². The van der Waals surface area contributed by atoms with Crippen LogP contribution in [0.4, 0.5) is 11.4 Å². The summed E-state index contributed by atoms with van der Waals surface area (Å²) in [4.78, 5) is 0. The fraction of sp³-hybridized carbons (Fsp3) is 0.538. The topological polar surface area (TPSA) is 55.1 Å². The second-order valence-electron chi connectivity index (χ2n) is 4.55. The van der Waals surface area contributed by atoms with Crippen LogP contribution in [0.2, 0.25) is 0 Å². The summed E-state index contributed by atoms with van der Waals surface area (Å²) in [5, 5.41) is 3.53. The molecule has 3 nitrogen and oxygen atoms in total. The Morgan fingerprint density at radius 2 is 1.94 bits per heavy atom. The summed E-state index contributed by atoms with van der Waals surface area (Å²) in [7, 11) is -0.753. The summed E-state index contributed by atoms with van der Waals surface area (Å²) in [6.45, 7) is 6.93. The number of aryl methyl sites for hydroxylation is 2. The Kier molecular flexibility index (Phi) is 5.00. The lowest BCUT2D eigenvalue weighted by atomic mass is 10.1. The van der Waals surface area contributed by atoms with E-state index in [0.717, 1.165) is 24.3 Å². The molecular weight excluding hydrogens is 232 g/mol. The molecule has 0 fully saturated rings. The summed E-state index contributed by atoms with van der Waals surface area (Å²) in [5.74, 6) is 0. The van der Waals surface area contributed by atoms with Gasteiger partial charge in [0.25, 0.3) is 0 Å². The minimum absolute atomic E-state index is 0.218. The highest BCUT2D eigenvalue weighted by atomic mass is 32.2. The molecule has 96 valence electrons. The lowest BCUT2D eigenvalue weighted by Crippen LogP contribution is -2.15. The number of benzene rings is 1. The minimum atomic E-state index is -0.753. The Balaban J connectivity index is 2.58. The lowest BCUT2D eigenvalue weighted by molar-refractivity contribution is 0.672. The molecule has 0 aliphatic carbocycles. The van der Waals surface area contributed by atoms with E-state index < -0.39 is 10.8 Å². The molecule has 0 radical (unpaired) electrons. The van der Waals surface area contributed by atoms with Crippen LogP contribution in [0.3, 0.4) is 0 Å². The van der Waals surface area contributed by atoms with Gasteiger partial charge in [-0.25, -0.2) is 0 Å². The Bertz CT molecular complexity index is 418. The van der Waals surface area contributed by atoms with Gasteiger partial charge >= 0.3 is 0 Å². The average Bonchev–Trinajstić information content (AvgIpc) is 2.25. The molecule has 0 aliphatic heterocycles. The number of hydrogen-bond donors (Lipinski definition) is 2. The van der Waals surface area contributed by atoms with Crippen molar-refractivity contribution in [3.63, 3.8) is 0 Å². The summed E-state index contributed by atoms with van der Waals surface area (Å²) < 4.78 is 11.2. The van der Waals surface area contributed by atoms with Gasteiger partial charge in [-0.05, 0) is 43.5 Å². The predicted molar refractivity (Wildman–Crippen MR) is 77.0 cm³/mol. The van der Waals surface area contributed by atoms with Crippen LogP contribution >= 0.6 is 0 Å². The molecule has 1 aromatic rings. The molecule has 0 saturated carbocycles. The van der Waals surface area contributed by atoms with Crippen molar-refractivity contribution in [1.82, 2.24) is 0 Å². The van der Waals surface area contributed by atoms with Gasteiger partial charge in [0.05, 0.1) is 11.4 Å². The van der Waals surface area contributed by atoms with Crippen LogP contribution in [0.15, 0.2) is 12.1 Å². The van der Waals surface area contributed by atoms with Gasteiger partial charge in [0, 0.05) is 28.9 Å². The molecule has 0 aromatic heterocycles. The molecule has 1 rings (SSSR count). The smallest absolute Gasteiger partial charge is 0.0576 e. The monoisotopic (exact) mass is 254 g/mol. The first-order valence-corrected chi connectivity index (χ1v) is 7.46. The van der Waals surface area contributed by atoms with Crippen LogP contribution in [0.25, 0.3) is 0 Å². The second-order valence-corrected chi connectivity index (χ2v) is 6.35. The van der Waals surface area contributed by atoms with Gasteiger partial charge < -0.3 is 11.1 Å². The number of nitrogen functional groups attached to an aromatic ring is 1. The summed E-state index contributed by atoms with van der Waals surface area (Å²) in [6.07, 6.45) is 2.63. The van der Waals surface area contributed by atoms with Gasteiger partial charge in [-0.1, -0.05) is 6.92 Å². The van der Waals surface area contributed by atoms with Crippen molar-refractivity contribution in [2.75, 3.05) is 23.9 Å². The fourth-order valence-electron chi connectivity index (χ4n) is 1.57. The molecular formula is C13H22N2OS. The summed E-state index contributed by atoms with van der Waals surface area (Å²) in [6, 6.07) is 4.05. The van der Waals surface area contributed by atoms with E-state index in [1.807, 2.05) is 13.0 Å². The molecule has 0 heterocycles. The molecule has 0 amide bonds. The van der Waals surface area contributed by atoms with E-state index in [4.69, 9.17) is 5.73 Å². The number of rotatable bonds is 5. The van der Waals surface area contributed by atoms with Gasteiger partial charge in [-0.3, -0.25) is 4.21 Å². The van der Waals surface area contributed by atoms with Gasteiger partial charge in [0.1, 0.15) is 0 Å².